The molecule has 3 amide bonds. The number of thiazole rings is 1. The Balaban J connectivity index is 1.30. The van der Waals surface area contributed by atoms with Gasteiger partial charge in [0, 0.05) is 62.3 Å². The predicted octanol–water partition coefficient (Wildman–Crippen LogP) is 4.02. The number of amides is 3. The van der Waals surface area contributed by atoms with Crippen molar-refractivity contribution in [1.29, 1.82) is 0 Å². The van der Waals surface area contributed by atoms with Crippen molar-refractivity contribution in [2.75, 3.05) is 19.6 Å². The second kappa shape index (κ2) is 12.1. The zero-order chi connectivity index (χ0) is 27.5. The third-order valence-electron chi connectivity index (χ3n) is 8.61. The fraction of sp³-hybridized carbons (Fsp3) is 0.655. The van der Waals surface area contributed by atoms with Gasteiger partial charge >= 0.3 is 0 Å². The number of nitrogens with one attached hydrogen (secondary N) is 1. The van der Waals surface area contributed by atoms with Gasteiger partial charge in [-0.3, -0.25) is 14.4 Å². The Bertz CT molecular complexity index is 1170. The van der Waals surface area contributed by atoms with E-state index in [1.165, 1.54) is 11.3 Å². The summed E-state index contributed by atoms with van der Waals surface area (Å²) in [7, 11) is 0. The Morgan fingerprint density at radius 1 is 1.10 bits per heavy atom. The molecule has 2 aromatic heterocycles. The normalized spacial score (nSPS) is 28.7. The fourth-order valence-electron chi connectivity index (χ4n) is 6.52. The lowest BCUT2D eigenvalue weighted by Gasteiger charge is -2.51. The quantitative estimate of drug-likeness (QED) is 0.616. The Hall–Kier alpha value is -2.88. The molecule has 0 spiro atoms. The minimum atomic E-state index is -0.0692. The van der Waals surface area contributed by atoms with Crippen LogP contribution >= 0.6 is 11.3 Å². The van der Waals surface area contributed by atoms with Gasteiger partial charge in [-0.1, -0.05) is 20.8 Å². The molecule has 5 heterocycles. The van der Waals surface area contributed by atoms with Gasteiger partial charge in [0.15, 0.2) is 10.8 Å². The zero-order valence-corrected chi connectivity index (χ0v) is 24.0. The van der Waals surface area contributed by atoms with Crippen LogP contribution in [0.5, 0.6) is 0 Å². The first-order chi connectivity index (χ1) is 18.8. The van der Waals surface area contributed by atoms with Gasteiger partial charge in [0.2, 0.25) is 11.8 Å². The molecule has 1 N–H and O–H groups in total. The molecule has 0 aliphatic carbocycles. The van der Waals surface area contributed by atoms with Crippen LogP contribution in [-0.2, 0) is 9.59 Å². The van der Waals surface area contributed by atoms with Gasteiger partial charge in [-0.15, -0.1) is 11.3 Å². The van der Waals surface area contributed by atoms with Gasteiger partial charge in [-0.2, -0.15) is 0 Å². The molecule has 0 saturated carbocycles. The second-order valence-corrected chi connectivity index (χ2v) is 12.9. The van der Waals surface area contributed by atoms with Crippen LogP contribution in [0.15, 0.2) is 23.8 Å². The van der Waals surface area contributed by atoms with E-state index >= 15 is 0 Å². The summed E-state index contributed by atoms with van der Waals surface area (Å²) in [5.74, 6) is 1.88. The molecule has 39 heavy (non-hydrogen) atoms. The smallest absolute Gasteiger partial charge is 0.273 e. The largest absolute Gasteiger partial charge is 0.353 e. The van der Waals surface area contributed by atoms with E-state index in [0.717, 1.165) is 32.1 Å². The summed E-state index contributed by atoms with van der Waals surface area (Å²) >= 11 is 1.38. The molecule has 2 bridgehead atoms. The SMILES string of the molecule is CC(C)[C@@H]1CC[C@@H](C)CC(=O)N2C[C@H]3C[C@H](CN(C(=O)c4csc(-c5ncccn5)n4)C3)[C@@H]2CCCC(=O)N1. The minimum absolute atomic E-state index is 0.0507. The highest BCUT2D eigenvalue weighted by molar-refractivity contribution is 7.13. The van der Waals surface area contributed by atoms with Crippen molar-refractivity contribution in [3.05, 3.63) is 29.5 Å². The summed E-state index contributed by atoms with van der Waals surface area (Å²) in [6.45, 7) is 8.36. The van der Waals surface area contributed by atoms with Gasteiger partial charge in [0.05, 0.1) is 0 Å². The summed E-state index contributed by atoms with van der Waals surface area (Å²) in [5, 5.41) is 5.67. The number of likely N-dealkylation sites (tertiary alicyclic amines) is 1. The first kappa shape index (κ1) is 27.7. The summed E-state index contributed by atoms with van der Waals surface area (Å²) in [6, 6.07) is 1.95. The summed E-state index contributed by atoms with van der Waals surface area (Å²) < 4.78 is 0. The maximum absolute atomic E-state index is 13.6. The van der Waals surface area contributed by atoms with Gasteiger partial charge in [-0.05, 0) is 61.8 Å². The zero-order valence-electron chi connectivity index (χ0n) is 23.2. The van der Waals surface area contributed by atoms with Gasteiger partial charge < -0.3 is 15.1 Å². The lowest BCUT2D eigenvalue weighted by Crippen LogP contribution is -2.60. The van der Waals surface area contributed by atoms with E-state index in [1.54, 1.807) is 23.8 Å². The molecule has 10 heteroatoms. The molecule has 3 saturated heterocycles. The number of piperidine rings is 2. The molecule has 3 fully saturated rings. The maximum atomic E-state index is 13.6. The number of aromatic nitrogens is 3. The van der Waals surface area contributed by atoms with Crippen molar-refractivity contribution in [3.63, 3.8) is 0 Å². The molecule has 3 aliphatic heterocycles. The van der Waals surface area contributed by atoms with Crippen molar-refractivity contribution in [2.45, 2.75) is 77.8 Å². The van der Waals surface area contributed by atoms with Crippen molar-refractivity contribution >= 4 is 29.1 Å². The molecule has 5 rings (SSSR count). The first-order valence-corrected chi connectivity index (χ1v) is 15.3. The van der Waals surface area contributed by atoms with Crippen molar-refractivity contribution < 1.29 is 14.4 Å². The van der Waals surface area contributed by atoms with Crippen LogP contribution in [0.2, 0.25) is 0 Å². The van der Waals surface area contributed by atoms with Crippen LogP contribution in [0.25, 0.3) is 10.8 Å². The molecular weight excluding hydrogens is 512 g/mol. The van der Waals surface area contributed by atoms with Crippen LogP contribution in [0.1, 0.15) is 76.2 Å². The average molecular weight is 553 g/mol. The van der Waals surface area contributed by atoms with E-state index in [9.17, 15) is 14.4 Å². The number of hydrogen-bond acceptors (Lipinski definition) is 7. The lowest BCUT2D eigenvalue weighted by atomic mass is 9.77. The highest BCUT2D eigenvalue weighted by Crippen LogP contribution is 2.37. The number of carbonyl (C=O) groups excluding carboxylic acids is 3. The second-order valence-electron chi connectivity index (χ2n) is 12.0. The lowest BCUT2D eigenvalue weighted by molar-refractivity contribution is -0.141. The maximum Gasteiger partial charge on any atom is 0.273 e. The van der Waals surface area contributed by atoms with E-state index in [0.29, 0.717) is 54.9 Å². The molecule has 2 aromatic rings. The Labute approximate surface area is 234 Å². The molecular formula is C29H40N6O3S. The van der Waals surface area contributed by atoms with Crippen LogP contribution in [0.3, 0.4) is 0 Å². The van der Waals surface area contributed by atoms with Crippen molar-refractivity contribution in [1.82, 2.24) is 30.1 Å². The fourth-order valence-corrected chi connectivity index (χ4v) is 7.26. The third kappa shape index (κ3) is 6.48. The van der Waals surface area contributed by atoms with E-state index in [4.69, 9.17) is 0 Å². The number of rotatable bonds is 3. The topological polar surface area (TPSA) is 108 Å². The number of fused-ring (bicyclic) bond motifs is 4. The van der Waals surface area contributed by atoms with Gasteiger partial charge in [0.25, 0.3) is 5.91 Å². The molecule has 9 nitrogen and oxygen atoms in total. The highest BCUT2D eigenvalue weighted by Gasteiger charge is 2.44. The van der Waals surface area contributed by atoms with E-state index in [1.807, 2.05) is 4.90 Å². The average Bonchev–Trinajstić information content (AvgIpc) is 3.42. The molecule has 210 valence electrons. The summed E-state index contributed by atoms with van der Waals surface area (Å²) in [4.78, 5) is 57.0. The third-order valence-corrected chi connectivity index (χ3v) is 9.44. The number of nitrogens with zero attached hydrogens (tertiary/aromatic N) is 5. The Morgan fingerprint density at radius 2 is 1.90 bits per heavy atom. The van der Waals surface area contributed by atoms with E-state index < -0.39 is 0 Å². The van der Waals surface area contributed by atoms with Crippen LogP contribution in [0, 0.1) is 23.7 Å². The summed E-state index contributed by atoms with van der Waals surface area (Å²) in [5.41, 5.74) is 0.426. The number of hydrogen-bond donors (Lipinski definition) is 1. The highest BCUT2D eigenvalue weighted by atomic mass is 32.1. The van der Waals surface area contributed by atoms with Gasteiger partial charge in [0.1, 0.15) is 5.69 Å². The van der Waals surface area contributed by atoms with E-state index in [2.05, 4.69) is 45.9 Å². The molecule has 0 unspecified atom stereocenters. The monoisotopic (exact) mass is 552 g/mol. The Morgan fingerprint density at radius 3 is 2.67 bits per heavy atom. The molecule has 0 aromatic carbocycles. The van der Waals surface area contributed by atoms with Gasteiger partial charge in [-0.25, -0.2) is 15.0 Å². The minimum Gasteiger partial charge on any atom is -0.353 e. The van der Waals surface area contributed by atoms with Crippen LogP contribution < -0.4 is 5.32 Å². The summed E-state index contributed by atoms with van der Waals surface area (Å²) in [6.07, 6.45) is 8.71. The molecule has 0 radical (unpaired) electrons. The van der Waals surface area contributed by atoms with Crippen LogP contribution in [-0.4, -0.2) is 74.2 Å². The van der Waals surface area contributed by atoms with Crippen LogP contribution in [0.4, 0.5) is 0 Å². The van der Waals surface area contributed by atoms with E-state index in [-0.39, 0.29) is 47.6 Å². The molecule has 5 atom stereocenters. The predicted molar refractivity (Wildman–Crippen MR) is 150 cm³/mol. The van der Waals surface area contributed by atoms with Crippen molar-refractivity contribution in [2.24, 2.45) is 23.7 Å². The van der Waals surface area contributed by atoms with Crippen molar-refractivity contribution in [3.8, 4) is 10.8 Å². The number of carbonyl (C=O) groups is 3. The molecule has 3 aliphatic rings. The Kier molecular flexibility index (Phi) is 8.59. The standard InChI is InChI=1S/C29H40N6O3S/c1-18(2)22-9-8-19(3)12-26(37)35-15-20-13-21(24(35)6-4-7-25(36)32-22)16-34(14-20)29(38)23-17-39-28(33-23)27-30-10-5-11-31-27/h5,10-11,17-22,24H,4,6-9,12-16H2,1-3H3,(H,32,36)/t19-,20+,21-,22+,24+/m1/s1. The first-order valence-electron chi connectivity index (χ1n) is 14.4.